The summed E-state index contributed by atoms with van der Waals surface area (Å²) in [5.74, 6) is -0.956. The zero-order chi connectivity index (χ0) is 24.2. The van der Waals surface area contributed by atoms with Crippen LogP contribution in [0.1, 0.15) is 12.5 Å². The van der Waals surface area contributed by atoms with Crippen molar-refractivity contribution in [3.05, 3.63) is 84.4 Å². The molecule has 0 aliphatic carbocycles. The number of amides is 4. The standard InChI is InChI=1S/C27H20N4O3S/c1-27(19-12-10-16-6-2-3-8-18(16)14-19)24(33)31(26(34)30-27)15-22(32)28-25-29-23-20-9-5-4-7-17(20)11-13-21(23)35-25/h2-14H,15H2,1H3,(H,30,34)(H,28,29,32). The van der Waals surface area contributed by atoms with E-state index in [1.54, 1.807) is 6.92 Å². The number of imide groups is 1. The van der Waals surface area contributed by atoms with Gasteiger partial charge >= 0.3 is 6.03 Å². The van der Waals surface area contributed by atoms with Crippen molar-refractivity contribution in [3.63, 3.8) is 0 Å². The number of nitrogens with one attached hydrogen (secondary N) is 2. The van der Waals surface area contributed by atoms with E-state index in [0.29, 0.717) is 10.7 Å². The van der Waals surface area contributed by atoms with E-state index in [1.807, 2.05) is 78.9 Å². The first-order valence-electron chi connectivity index (χ1n) is 11.1. The molecule has 5 aromatic rings. The molecule has 1 aromatic heterocycles. The molecule has 0 saturated carbocycles. The molecule has 1 aliphatic rings. The van der Waals surface area contributed by atoms with Gasteiger partial charge in [-0.15, -0.1) is 0 Å². The van der Waals surface area contributed by atoms with Gasteiger partial charge < -0.3 is 10.6 Å². The van der Waals surface area contributed by atoms with Crippen LogP contribution in [0.2, 0.25) is 0 Å². The van der Waals surface area contributed by atoms with E-state index in [0.717, 1.165) is 36.7 Å². The molecular weight excluding hydrogens is 460 g/mol. The Morgan fingerprint density at radius 2 is 1.69 bits per heavy atom. The maximum absolute atomic E-state index is 13.3. The molecule has 0 radical (unpaired) electrons. The van der Waals surface area contributed by atoms with E-state index in [9.17, 15) is 14.4 Å². The molecule has 35 heavy (non-hydrogen) atoms. The largest absolute Gasteiger partial charge is 0.325 e. The Bertz CT molecular complexity index is 1680. The average molecular weight is 481 g/mol. The normalized spacial score (nSPS) is 17.9. The monoisotopic (exact) mass is 480 g/mol. The lowest BCUT2D eigenvalue weighted by molar-refractivity contribution is -0.133. The van der Waals surface area contributed by atoms with Crippen molar-refractivity contribution in [2.24, 2.45) is 0 Å². The Labute approximate surface area is 204 Å². The number of rotatable bonds is 4. The highest BCUT2D eigenvalue weighted by atomic mass is 32.1. The zero-order valence-electron chi connectivity index (χ0n) is 18.7. The van der Waals surface area contributed by atoms with Crippen LogP contribution in [0.15, 0.2) is 78.9 Å². The van der Waals surface area contributed by atoms with Crippen LogP contribution in [0, 0.1) is 0 Å². The summed E-state index contributed by atoms with van der Waals surface area (Å²) in [5.41, 5.74) is 0.216. The predicted octanol–water partition coefficient (Wildman–Crippen LogP) is 5.01. The summed E-state index contributed by atoms with van der Waals surface area (Å²) in [6, 6.07) is 24.7. The Balaban J connectivity index is 1.23. The fourth-order valence-corrected chi connectivity index (χ4v) is 5.45. The topological polar surface area (TPSA) is 91.4 Å². The fraction of sp³-hybridized carbons (Fsp3) is 0.111. The first-order valence-corrected chi connectivity index (χ1v) is 12.0. The van der Waals surface area contributed by atoms with Gasteiger partial charge in [0.15, 0.2) is 5.13 Å². The van der Waals surface area contributed by atoms with E-state index >= 15 is 0 Å². The fourth-order valence-electron chi connectivity index (χ4n) is 4.55. The molecule has 4 aromatic carbocycles. The lowest BCUT2D eigenvalue weighted by Crippen LogP contribution is -2.42. The number of thiazole rings is 1. The average Bonchev–Trinajstić information content (AvgIpc) is 3.38. The second-order valence-electron chi connectivity index (χ2n) is 8.71. The molecule has 1 aliphatic heterocycles. The number of anilines is 1. The summed E-state index contributed by atoms with van der Waals surface area (Å²) < 4.78 is 0.942. The maximum atomic E-state index is 13.3. The third kappa shape index (κ3) is 3.50. The first kappa shape index (κ1) is 21.2. The van der Waals surface area contributed by atoms with Gasteiger partial charge in [-0.3, -0.25) is 14.5 Å². The van der Waals surface area contributed by atoms with E-state index in [-0.39, 0.29) is 0 Å². The number of carbonyl (C=O) groups is 3. The molecular formula is C27H20N4O3S. The molecule has 8 heteroatoms. The number of aromatic nitrogens is 1. The van der Waals surface area contributed by atoms with Gasteiger partial charge in [-0.25, -0.2) is 9.78 Å². The van der Waals surface area contributed by atoms with Crippen LogP contribution in [-0.2, 0) is 15.1 Å². The van der Waals surface area contributed by atoms with Gasteiger partial charge in [0.05, 0.1) is 10.2 Å². The van der Waals surface area contributed by atoms with Gasteiger partial charge in [0.1, 0.15) is 12.1 Å². The molecule has 172 valence electrons. The minimum atomic E-state index is -1.25. The first-order chi connectivity index (χ1) is 16.9. The minimum absolute atomic E-state index is 0.398. The van der Waals surface area contributed by atoms with Crippen molar-refractivity contribution in [3.8, 4) is 0 Å². The van der Waals surface area contributed by atoms with Gasteiger partial charge in [0.2, 0.25) is 5.91 Å². The Kier molecular flexibility index (Phi) is 4.79. The van der Waals surface area contributed by atoms with Crippen LogP contribution in [0.4, 0.5) is 9.93 Å². The van der Waals surface area contributed by atoms with Crippen molar-refractivity contribution in [1.82, 2.24) is 15.2 Å². The van der Waals surface area contributed by atoms with Crippen LogP contribution in [0.5, 0.6) is 0 Å². The molecule has 4 amide bonds. The molecule has 1 unspecified atom stereocenters. The molecule has 0 spiro atoms. The SMILES string of the molecule is CC1(c2ccc3ccccc3c2)NC(=O)N(CC(=O)Nc2nc3c(ccc4ccccc43)s2)C1=O. The molecule has 0 bridgehead atoms. The third-order valence-corrected chi connectivity index (χ3v) is 7.37. The number of urea groups is 1. The van der Waals surface area contributed by atoms with Gasteiger partial charge in [-0.2, -0.15) is 0 Å². The summed E-state index contributed by atoms with van der Waals surface area (Å²) in [4.78, 5) is 44.3. The van der Waals surface area contributed by atoms with Crippen molar-refractivity contribution in [2.45, 2.75) is 12.5 Å². The zero-order valence-corrected chi connectivity index (χ0v) is 19.6. The smallest absolute Gasteiger partial charge is 0.319 e. The Morgan fingerprint density at radius 3 is 2.51 bits per heavy atom. The van der Waals surface area contributed by atoms with Crippen molar-refractivity contribution >= 4 is 66.1 Å². The highest BCUT2D eigenvalue weighted by Crippen LogP contribution is 2.33. The Morgan fingerprint density at radius 1 is 0.971 bits per heavy atom. The number of nitrogens with zero attached hydrogens (tertiary/aromatic N) is 2. The number of fused-ring (bicyclic) bond motifs is 4. The quantitative estimate of drug-likeness (QED) is 0.354. The lowest BCUT2D eigenvalue weighted by Gasteiger charge is -2.22. The Hall–Kier alpha value is -4.30. The molecule has 1 saturated heterocycles. The third-order valence-electron chi connectivity index (χ3n) is 6.43. The van der Waals surface area contributed by atoms with Gasteiger partial charge in [-0.05, 0) is 40.8 Å². The van der Waals surface area contributed by atoms with E-state index in [1.165, 1.54) is 11.3 Å². The van der Waals surface area contributed by atoms with Crippen molar-refractivity contribution in [2.75, 3.05) is 11.9 Å². The second kappa shape index (κ2) is 7.89. The molecule has 2 N–H and O–H groups in total. The van der Waals surface area contributed by atoms with Crippen LogP contribution in [0.3, 0.4) is 0 Å². The molecule has 6 rings (SSSR count). The number of hydrogen-bond acceptors (Lipinski definition) is 5. The van der Waals surface area contributed by atoms with Crippen molar-refractivity contribution < 1.29 is 14.4 Å². The van der Waals surface area contributed by atoms with E-state index in [2.05, 4.69) is 15.6 Å². The molecule has 1 atom stereocenters. The number of benzene rings is 4. The van der Waals surface area contributed by atoms with Gasteiger partial charge in [-0.1, -0.05) is 78.1 Å². The lowest BCUT2D eigenvalue weighted by atomic mass is 9.90. The van der Waals surface area contributed by atoms with Gasteiger partial charge in [0, 0.05) is 5.39 Å². The van der Waals surface area contributed by atoms with Crippen molar-refractivity contribution in [1.29, 1.82) is 0 Å². The van der Waals surface area contributed by atoms with E-state index in [4.69, 9.17) is 0 Å². The molecule has 2 heterocycles. The summed E-state index contributed by atoms with van der Waals surface area (Å²) in [7, 11) is 0. The number of carbonyl (C=O) groups excluding carboxylic acids is 3. The van der Waals surface area contributed by atoms with Gasteiger partial charge in [0.25, 0.3) is 5.91 Å². The highest BCUT2D eigenvalue weighted by Gasteiger charge is 2.49. The molecule has 7 nitrogen and oxygen atoms in total. The second-order valence-corrected chi connectivity index (χ2v) is 9.74. The highest BCUT2D eigenvalue weighted by molar-refractivity contribution is 7.22. The minimum Gasteiger partial charge on any atom is -0.319 e. The summed E-state index contributed by atoms with van der Waals surface area (Å²) in [5, 5.41) is 10.0. The van der Waals surface area contributed by atoms with Crippen LogP contribution < -0.4 is 10.6 Å². The predicted molar refractivity (Wildman–Crippen MR) is 137 cm³/mol. The summed E-state index contributed by atoms with van der Waals surface area (Å²) in [6.45, 7) is 1.26. The summed E-state index contributed by atoms with van der Waals surface area (Å²) >= 11 is 1.35. The summed E-state index contributed by atoms with van der Waals surface area (Å²) in [6.07, 6.45) is 0. The van der Waals surface area contributed by atoms with E-state index < -0.39 is 29.9 Å². The van der Waals surface area contributed by atoms with Crippen LogP contribution >= 0.6 is 11.3 Å². The maximum Gasteiger partial charge on any atom is 0.325 e. The van der Waals surface area contributed by atoms with Crippen LogP contribution in [0.25, 0.3) is 31.8 Å². The molecule has 1 fully saturated rings. The van der Waals surface area contributed by atoms with Crippen LogP contribution in [-0.4, -0.2) is 34.3 Å². The number of hydrogen-bond donors (Lipinski definition) is 2.